The van der Waals surface area contributed by atoms with Crippen LogP contribution >= 0.6 is 11.6 Å². The molecule has 3 rings (SSSR count). The minimum Gasteiger partial charge on any atom is -0.393 e. The molecule has 2 aromatic rings. The zero-order valence-electron chi connectivity index (χ0n) is 16.2. The van der Waals surface area contributed by atoms with E-state index in [1.54, 1.807) is 6.07 Å². The summed E-state index contributed by atoms with van der Waals surface area (Å²) >= 11 is 5.95. The summed E-state index contributed by atoms with van der Waals surface area (Å²) in [5.74, 6) is -1.59. The highest BCUT2D eigenvalue weighted by atomic mass is 35.5. The lowest BCUT2D eigenvalue weighted by Crippen LogP contribution is -2.49. The number of β-amino-alcohol motifs (C(OH)–C–C–N with tert-alkyl or cyclic N) is 1. The van der Waals surface area contributed by atoms with Crippen LogP contribution in [-0.4, -0.2) is 71.9 Å². The number of nitrogens with zero attached hydrogens (tertiary/aromatic N) is 4. The number of nitriles is 1. The number of halogens is 4. The van der Waals surface area contributed by atoms with Crippen molar-refractivity contribution in [3.63, 3.8) is 0 Å². The minimum absolute atomic E-state index is 0.0648. The Morgan fingerprint density at radius 2 is 1.85 bits per heavy atom. The van der Waals surface area contributed by atoms with Crippen molar-refractivity contribution < 1.29 is 40.2 Å². The molecule has 1 aromatic heterocycles. The third kappa shape index (κ3) is 4.54. The maximum atomic E-state index is 13.0. The molecule has 10 nitrogen and oxygen atoms in total. The molecule has 1 aliphatic rings. The summed E-state index contributed by atoms with van der Waals surface area (Å²) in [5, 5.41) is 27.0. The second kappa shape index (κ2) is 8.46. The van der Waals surface area contributed by atoms with Crippen LogP contribution in [0, 0.1) is 11.3 Å². The van der Waals surface area contributed by atoms with Gasteiger partial charge in [0, 0.05) is 25.5 Å². The first-order valence-corrected chi connectivity index (χ1v) is 12.2. The molecular weight excluding hydrogens is 513 g/mol. The van der Waals surface area contributed by atoms with Gasteiger partial charge in [-0.3, -0.25) is 0 Å². The van der Waals surface area contributed by atoms with Crippen molar-refractivity contribution in [2.75, 3.05) is 19.7 Å². The molecule has 0 saturated carbocycles. The van der Waals surface area contributed by atoms with Crippen LogP contribution in [0.15, 0.2) is 40.4 Å². The molecule has 1 aliphatic heterocycles. The Morgan fingerprint density at radius 3 is 2.33 bits per heavy atom. The van der Waals surface area contributed by atoms with Crippen LogP contribution < -0.4 is 0 Å². The number of sulfonamides is 1. The van der Waals surface area contributed by atoms with Crippen molar-refractivity contribution in [1.29, 1.82) is 5.26 Å². The fraction of sp³-hybridized carbons (Fsp3) is 0.353. The smallest absolute Gasteiger partial charge is 0.393 e. The normalized spacial score (nSPS) is 22.3. The van der Waals surface area contributed by atoms with Gasteiger partial charge in [-0.1, -0.05) is 11.6 Å². The number of sulfone groups is 1. The highest BCUT2D eigenvalue weighted by Gasteiger charge is 2.55. The average molecular weight is 527 g/mol. The molecule has 2 heterocycles. The molecule has 2 N–H and O–H groups in total. The van der Waals surface area contributed by atoms with Crippen LogP contribution in [0.5, 0.6) is 0 Å². The summed E-state index contributed by atoms with van der Waals surface area (Å²) in [4.78, 5) is 4.66. The molecule has 33 heavy (non-hydrogen) atoms. The summed E-state index contributed by atoms with van der Waals surface area (Å²) < 4.78 is 90.7. The molecule has 1 fully saturated rings. The maximum Gasteiger partial charge on any atom is 0.451 e. The summed E-state index contributed by atoms with van der Waals surface area (Å²) in [6.07, 6.45) is -4.15. The molecule has 1 saturated heterocycles. The third-order valence-electron chi connectivity index (χ3n) is 4.96. The van der Waals surface area contributed by atoms with Crippen LogP contribution in [0.25, 0.3) is 0 Å². The number of aliphatic hydroxyl groups excluding tert-OH is 1. The summed E-state index contributed by atoms with van der Waals surface area (Å²) in [5.41, 5.74) is -2.43. The Balaban J connectivity index is 2.00. The van der Waals surface area contributed by atoms with Crippen molar-refractivity contribution in [1.82, 2.24) is 14.3 Å². The third-order valence-corrected chi connectivity index (χ3v) is 9.46. The predicted molar refractivity (Wildman–Crippen MR) is 105 cm³/mol. The van der Waals surface area contributed by atoms with Gasteiger partial charge in [0.2, 0.25) is 15.8 Å². The second-order valence-electron chi connectivity index (χ2n) is 7.09. The maximum absolute atomic E-state index is 13.0. The lowest BCUT2D eigenvalue weighted by Gasteiger charge is -2.26. The lowest BCUT2D eigenvalue weighted by atomic mass is 10.1. The van der Waals surface area contributed by atoms with Gasteiger partial charge < -0.3 is 10.2 Å². The fourth-order valence-corrected chi connectivity index (χ4v) is 7.20. The quantitative estimate of drug-likeness (QED) is 0.568. The standard InChI is InChI=1S/C17H14ClF3N4O6S2/c18-12-3-10(4-22)1-2-13(12)33(30,31)25-7-14(16(27,8-25)9-26)32(28,29)11-5-23-15(24-6-11)17(19,20)21/h1-3,5-6,14,26-27H,7-9H2/t14-,16+/m0/s1. The van der Waals surface area contributed by atoms with Gasteiger partial charge in [-0.15, -0.1) is 0 Å². The van der Waals surface area contributed by atoms with Crippen molar-refractivity contribution in [2.24, 2.45) is 0 Å². The monoisotopic (exact) mass is 526 g/mol. The van der Waals surface area contributed by atoms with E-state index in [4.69, 9.17) is 16.9 Å². The average Bonchev–Trinajstić information content (AvgIpc) is 3.12. The molecule has 16 heteroatoms. The van der Waals surface area contributed by atoms with Crippen molar-refractivity contribution in [3.05, 3.63) is 47.0 Å². The molecule has 178 valence electrons. The van der Waals surface area contributed by atoms with Gasteiger partial charge in [-0.25, -0.2) is 26.8 Å². The molecule has 1 aromatic carbocycles. The highest BCUT2D eigenvalue weighted by molar-refractivity contribution is 7.92. The van der Waals surface area contributed by atoms with Gasteiger partial charge in [0.15, 0.2) is 9.84 Å². The number of hydrogen-bond acceptors (Lipinski definition) is 9. The number of hydrogen-bond donors (Lipinski definition) is 2. The first-order valence-electron chi connectivity index (χ1n) is 8.83. The second-order valence-corrected chi connectivity index (χ2v) is 11.5. The van der Waals surface area contributed by atoms with E-state index >= 15 is 0 Å². The first kappa shape index (κ1) is 25.3. The van der Waals surface area contributed by atoms with Crippen LogP contribution in [0.1, 0.15) is 11.4 Å². The van der Waals surface area contributed by atoms with Crippen molar-refractivity contribution in [2.45, 2.75) is 26.8 Å². The molecule has 0 unspecified atom stereocenters. The molecule has 0 bridgehead atoms. The number of aliphatic hydroxyl groups is 2. The van der Waals surface area contributed by atoms with Gasteiger partial charge >= 0.3 is 6.18 Å². The van der Waals surface area contributed by atoms with Crippen molar-refractivity contribution >= 4 is 31.5 Å². The summed E-state index contributed by atoms with van der Waals surface area (Å²) in [6.45, 7) is -2.88. The minimum atomic E-state index is -4.92. The number of benzene rings is 1. The van der Waals surface area contributed by atoms with Crippen molar-refractivity contribution in [3.8, 4) is 6.07 Å². The van der Waals surface area contributed by atoms with Crippen LogP contribution in [0.3, 0.4) is 0 Å². The van der Waals surface area contributed by atoms with Gasteiger partial charge in [0.05, 0.1) is 23.3 Å². The van der Waals surface area contributed by atoms with E-state index in [0.717, 1.165) is 12.1 Å². The zero-order chi connectivity index (χ0) is 24.8. The molecular formula is C17H14ClF3N4O6S2. The van der Waals surface area contributed by atoms with Crippen LogP contribution in [0.4, 0.5) is 13.2 Å². The molecule has 0 spiro atoms. The number of rotatable bonds is 5. The van der Waals surface area contributed by atoms with Gasteiger partial charge in [-0.2, -0.15) is 22.7 Å². The topological polar surface area (TPSA) is 162 Å². The fourth-order valence-electron chi connectivity index (χ4n) is 3.24. The Bertz CT molecular complexity index is 1330. The van der Waals surface area contributed by atoms with E-state index < -0.39 is 72.2 Å². The van der Waals surface area contributed by atoms with E-state index in [1.165, 1.54) is 6.07 Å². The summed E-state index contributed by atoms with van der Waals surface area (Å²) in [6, 6.07) is 5.04. The Kier molecular flexibility index (Phi) is 6.48. The molecule has 2 atom stereocenters. The predicted octanol–water partition coefficient (Wildman–Crippen LogP) is 0.591. The van der Waals surface area contributed by atoms with Gasteiger partial charge in [0.25, 0.3) is 0 Å². The van der Waals surface area contributed by atoms with Gasteiger partial charge in [-0.05, 0) is 18.2 Å². The van der Waals surface area contributed by atoms with Gasteiger partial charge in [0.1, 0.15) is 20.6 Å². The summed E-state index contributed by atoms with van der Waals surface area (Å²) in [7, 11) is -9.20. The Labute approximate surface area is 190 Å². The molecule has 0 radical (unpaired) electrons. The van der Waals surface area contributed by atoms with E-state index in [9.17, 15) is 40.2 Å². The van der Waals surface area contributed by atoms with E-state index in [1.807, 2.05) is 0 Å². The highest BCUT2D eigenvalue weighted by Crippen LogP contribution is 2.36. The Hall–Kier alpha value is -2.35. The van der Waals surface area contributed by atoms with E-state index in [-0.39, 0.29) is 10.6 Å². The zero-order valence-corrected chi connectivity index (χ0v) is 18.6. The van der Waals surface area contributed by atoms with Crippen LogP contribution in [-0.2, 0) is 26.0 Å². The first-order chi connectivity index (χ1) is 15.2. The Morgan fingerprint density at radius 1 is 1.24 bits per heavy atom. The SMILES string of the molecule is N#Cc1ccc(S(=O)(=O)N2C[C@H](S(=O)(=O)c3cnc(C(F)(F)F)nc3)[C@](O)(CO)C2)c(Cl)c1. The largest absolute Gasteiger partial charge is 0.451 e. The van der Waals surface area contributed by atoms with E-state index in [0.29, 0.717) is 16.7 Å². The molecule has 0 amide bonds. The lowest BCUT2D eigenvalue weighted by molar-refractivity contribution is -0.145. The molecule has 0 aliphatic carbocycles. The number of aromatic nitrogens is 2. The van der Waals surface area contributed by atoms with Crippen LogP contribution in [0.2, 0.25) is 5.02 Å². The van der Waals surface area contributed by atoms with E-state index in [2.05, 4.69) is 9.97 Å². The number of alkyl halides is 3.